The zero-order valence-electron chi connectivity index (χ0n) is 8.33. The smallest absolute Gasteiger partial charge is 0.336 e. The molecule has 0 fully saturated rings. The number of ether oxygens (including phenoxy) is 1. The third-order valence-electron chi connectivity index (χ3n) is 1.80. The van der Waals surface area contributed by atoms with Gasteiger partial charge in [0.05, 0.1) is 6.08 Å². The molecule has 0 aromatic heterocycles. The van der Waals surface area contributed by atoms with Crippen molar-refractivity contribution in [3.05, 3.63) is 23.5 Å². The van der Waals surface area contributed by atoms with E-state index in [1.165, 1.54) is 6.08 Å². The summed E-state index contributed by atoms with van der Waals surface area (Å²) in [6, 6.07) is 0. The first-order valence-corrected chi connectivity index (χ1v) is 4.19. The number of carboxylic acid groups (broad SMARTS) is 1. The van der Waals surface area contributed by atoms with E-state index in [4.69, 9.17) is 9.84 Å². The number of allylic oxidation sites excluding steroid dienone is 1. The van der Waals surface area contributed by atoms with Crippen molar-refractivity contribution in [3.8, 4) is 0 Å². The number of rotatable bonds is 1. The molecule has 0 radical (unpaired) electrons. The molecule has 0 saturated heterocycles. The monoisotopic (exact) mass is 196 g/mol. The first-order valence-electron chi connectivity index (χ1n) is 4.19. The van der Waals surface area contributed by atoms with Gasteiger partial charge < -0.3 is 9.84 Å². The van der Waals surface area contributed by atoms with Crippen LogP contribution in [0.2, 0.25) is 0 Å². The lowest BCUT2D eigenvalue weighted by atomic mass is 9.85. The highest BCUT2D eigenvalue weighted by atomic mass is 16.5. The molecule has 14 heavy (non-hydrogen) atoms. The topological polar surface area (TPSA) is 63.6 Å². The quantitative estimate of drug-likeness (QED) is 0.509. The SMILES string of the molecule is CC(C)(C)C1=CC(=O)O/C1=C\C(=O)O. The van der Waals surface area contributed by atoms with Gasteiger partial charge in [0, 0.05) is 11.6 Å². The van der Waals surface area contributed by atoms with Crippen molar-refractivity contribution < 1.29 is 19.4 Å². The van der Waals surface area contributed by atoms with E-state index in [0.717, 1.165) is 6.08 Å². The molecule has 0 aliphatic carbocycles. The molecule has 0 atom stereocenters. The highest BCUT2D eigenvalue weighted by Crippen LogP contribution is 2.35. The van der Waals surface area contributed by atoms with Crippen LogP contribution in [0.15, 0.2) is 23.5 Å². The lowest BCUT2D eigenvalue weighted by Crippen LogP contribution is -2.10. The summed E-state index contributed by atoms with van der Waals surface area (Å²) in [5.41, 5.74) is 0.317. The Morgan fingerprint density at radius 1 is 1.50 bits per heavy atom. The van der Waals surface area contributed by atoms with Crippen LogP contribution in [0.3, 0.4) is 0 Å². The Labute approximate surface area is 81.9 Å². The van der Waals surface area contributed by atoms with Crippen molar-refractivity contribution >= 4 is 11.9 Å². The van der Waals surface area contributed by atoms with Crippen LogP contribution in [0.25, 0.3) is 0 Å². The summed E-state index contributed by atoms with van der Waals surface area (Å²) in [6.45, 7) is 5.66. The molecule has 0 amide bonds. The molecule has 1 heterocycles. The minimum atomic E-state index is -1.12. The number of carboxylic acids is 1. The molecule has 0 unspecified atom stereocenters. The fourth-order valence-corrected chi connectivity index (χ4v) is 1.19. The van der Waals surface area contributed by atoms with Crippen LogP contribution in [0.4, 0.5) is 0 Å². The Morgan fingerprint density at radius 2 is 2.07 bits per heavy atom. The van der Waals surface area contributed by atoms with Gasteiger partial charge in [-0.25, -0.2) is 9.59 Å². The molecule has 1 N–H and O–H groups in total. The van der Waals surface area contributed by atoms with Crippen molar-refractivity contribution in [3.63, 3.8) is 0 Å². The maximum Gasteiger partial charge on any atom is 0.336 e. The van der Waals surface area contributed by atoms with Gasteiger partial charge in [0.15, 0.2) is 0 Å². The minimum Gasteiger partial charge on any atom is -0.478 e. The van der Waals surface area contributed by atoms with Crippen molar-refractivity contribution in [1.82, 2.24) is 0 Å². The number of carbonyl (C=O) groups excluding carboxylic acids is 1. The minimum absolute atomic E-state index is 0.134. The van der Waals surface area contributed by atoms with Gasteiger partial charge in [0.1, 0.15) is 5.76 Å². The molecule has 4 nitrogen and oxygen atoms in total. The standard InChI is InChI=1S/C10H12O4/c1-10(2,3)6-4-9(13)14-7(6)5-8(11)12/h4-5H,1-3H3,(H,11,12)/b7-5-. The molecule has 1 aliphatic heterocycles. The summed E-state index contributed by atoms with van der Waals surface area (Å²) < 4.78 is 4.76. The Kier molecular flexibility index (Phi) is 2.47. The van der Waals surface area contributed by atoms with Gasteiger partial charge in [-0.3, -0.25) is 0 Å². The molecule has 0 aromatic carbocycles. The van der Waals surface area contributed by atoms with Gasteiger partial charge in [-0.15, -0.1) is 0 Å². The van der Waals surface area contributed by atoms with Crippen LogP contribution in [0, 0.1) is 5.41 Å². The molecular formula is C10H12O4. The largest absolute Gasteiger partial charge is 0.478 e. The van der Waals surface area contributed by atoms with Crippen LogP contribution < -0.4 is 0 Å². The van der Waals surface area contributed by atoms with E-state index in [2.05, 4.69) is 0 Å². The first-order chi connectivity index (χ1) is 6.30. The molecule has 76 valence electrons. The van der Waals surface area contributed by atoms with Crippen LogP contribution in [-0.4, -0.2) is 17.0 Å². The van der Waals surface area contributed by atoms with Gasteiger partial charge in [-0.2, -0.15) is 0 Å². The van der Waals surface area contributed by atoms with Crippen LogP contribution in [0.1, 0.15) is 20.8 Å². The molecule has 0 aromatic rings. The third kappa shape index (κ3) is 2.22. The Hall–Kier alpha value is -1.58. The molecule has 4 heteroatoms. The Balaban J connectivity index is 3.08. The average Bonchev–Trinajstić information content (AvgIpc) is 2.28. The lowest BCUT2D eigenvalue weighted by Gasteiger charge is -2.19. The third-order valence-corrected chi connectivity index (χ3v) is 1.80. The van der Waals surface area contributed by atoms with E-state index >= 15 is 0 Å². The Morgan fingerprint density at radius 3 is 2.50 bits per heavy atom. The molecule has 0 bridgehead atoms. The average molecular weight is 196 g/mol. The second kappa shape index (κ2) is 3.29. The molecular weight excluding hydrogens is 184 g/mol. The molecule has 1 rings (SSSR count). The van der Waals surface area contributed by atoms with E-state index in [-0.39, 0.29) is 11.2 Å². The van der Waals surface area contributed by atoms with E-state index in [1.807, 2.05) is 20.8 Å². The summed E-state index contributed by atoms with van der Waals surface area (Å²) in [6.07, 6.45) is 2.23. The summed E-state index contributed by atoms with van der Waals surface area (Å²) >= 11 is 0. The normalized spacial score (nSPS) is 19.5. The number of cyclic esters (lactones) is 1. The fourth-order valence-electron chi connectivity index (χ4n) is 1.19. The van der Waals surface area contributed by atoms with Crippen molar-refractivity contribution in [2.24, 2.45) is 5.41 Å². The molecule has 0 spiro atoms. The number of aliphatic carboxylic acids is 1. The number of esters is 1. The second-order valence-corrected chi connectivity index (χ2v) is 4.08. The maximum atomic E-state index is 11.0. The van der Waals surface area contributed by atoms with Crippen LogP contribution >= 0.6 is 0 Å². The first kappa shape index (κ1) is 10.5. The zero-order valence-corrected chi connectivity index (χ0v) is 8.33. The van der Waals surface area contributed by atoms with Gasteiger partial charge in [0.25, 0.3) is 0 Å². The molecule has 1 aliphatic rings. The lowest BCUT2D eigenvalue weighted by molar-refractivity contribution is -0.132. The van der Waals surface area contributed by atoms with Gasteiger partial charge in [-0.05, 0) is 5.41 Å². The van der Waals surface area contributed by atoms with Crippen molar-refractivity contribution in [2.45, 2.75) is 20.8 Å². The van der Waals surface area contributed by atoms with Gasteiger partial charge >= 0.3 is 11.9 Å². The molecule has 0 saturated carbocycles. The Bertz CT molecular complexity index is 342. The number of hydrogen-bond donors (Lipinski definition) is 1. The van der Waals surface area contributed by atoms with Crippen LogP contribution in [0.5, 0.6) is 0 Å². The summed E-state index contributed by atoms with van der Waals surface area (Å²) in [5, 5.41) is 8.55. The van der Waals surface area contributed by atoms with Gasteiger partial charge in [-0.1, -0.05) is 20.8 Å². The maximum absolute atomic E-state index is 11.0. The summed E-state index contributed by atoms with van der Waals surface area (Å²) in [4.78, 5) is 21.4. The van der Waals surface area contributed by atoms with E-state index in [0.29, 0.717) is 5.57 Å². The highest BCUT2D eigenvalue weighted by molar-refractivity contribution is 5.91. The fraction of sp³-hybridized carbons (Fsp3) is 0.400. The van der Waals surface area contributed by atoms with Crippen molar-refractivity contribution in [2.75, 3.05) is 0 Å². The summed E-state index contributed by atoms with van der Waals surface area (Å²) in [7, 11) is 0. The van der Waals surface area contributed by atoms with E-state index < -0.39 is 11.9 Å². The highest BCUT2D eigenvalue weighted by Gasteiger charge is 2.29. The second-order valence-electron chi connectivity index (χ2n) is 4.08. The van der Waals surface area contributed by atoms with Crippen LogP contribution in [-0.2, 0) is 14.3 Å². The van der Waals surface area contributed by atoms with Gasteiger partial charge in [0.2, 0.25) is 0 Å². The van der Waals surface area contributed by atoms with E-state index in [9.17, 15) is 9.59 Å². The van der Waals surface area contributed by atoms with Crippen molar-refractivity contribution in [1.29, 1.82) is 0 Å². The predicted molar refractivity (Wildman–Crippen MR) is 49.3 cm³/mol. The zero-order chi connectivity index (χ0) is 10.9. The number of carbonyl (C=O) groups is 2. The van der Waals surface area contributed by atoms with E-state index in [1.54, 1.807) is 0 Å². The predicted octanol–water partition coefficient (Wildman–Crippen LogP) is 1.48. The number of hydrogen-bond acceptors (Lipinski definition) is 3. The summed E-state index contributed by atoms with van der Waals surface area (Å²) in [5.74, 6) is -1.50.